The average molecular weight is 259 g/mol. The van der Waals surface area contributed by atoms with Gasteiger partial charge in [-0.05, 0) is 46.5 Å². The maximum Gasteiger partial charge on any atom is 0.188 e. The highest BCUT2D eigenvalue weighted by Crippen LogP contribution is 2.31. The second-order valence-corrected chi connectivity index (χ2v) is 3.87. The van der Waals surface area contributed by atoms with E-state index in [-0.39, 0.29) is 6.79 Å². The van der Waals surface area contributed by atoms with Crippen molar-refractivity contribution in [1.29, 1.82) is 0 Å². The van der Waals surface area contributed by atoms with Gasteiger partial charge >= 0.3 is 0 Å². The summed E-state index contributed by atoms with van der Waals surface area (Å²) in [5.74, 6) is 0.842. The molecule has 0 radical (unpaired) electrons. The lowest BCUT2D eigenvalue weighted by molar-refractivity contribution is 0.0505. The van der Waals surface area contributed by atoms with Crippen molar-refractivity contribution in [3.05, 3.63) is 27.7 Å². The van der Waals surface area contributed by atoms with Gasteiger partial charge in [0.1, 0.15) is 5.75 Å². The first-order valence-corrected chi connectivity index (χ1v) is 5.39. The molecule has 1 aromatic carbocycles. The van der Waals surface area contributed by atoms with Crippen LogP contribution in [0, 0.1) is 6.92 Å². The van der Waals surface area contributed by atoms with E-state index in [1.807, 2.05) is 6.07 Å². The molecule has 0 saturated heterocycles. The van der Waals surface area contributed by atoms with E-state index in [0.29, 0.717) is 0 Å². The number of benzene rings is 1. The van der Waals surface area contributed by atoms with Crippen molar-refractivity contribution in [2.75, 3.05) is 13.9 Å². The zero-order valence-electron chi connectivity index (χ0n) is 8.76. The summed E-state index contributed by atoms with van der Waals surface area (Å²) in [7, 11) is 1.61. The van der Waals surface area contributed by atoms with Gasteiger partial charge in [-0.1, -0.05) is 13.0 Å². The van der Waals surface area contributed by atoms with Crippen LogP contribution in [0.15, 0.2) is 16.6 Å². The van der Waals surface area contributed by atoms with Crippen LogP contribution in [0.2, 0.25) is 0 Å². The van der Waals surface area contributed by atoms with Gasteiger partial charge in [-0.3, -0.25) is 0 Å². The number of hydrogen-bond donors (Lipinski definition) is 0. The Hall–Kier alpha value is -0.540. The Morgan fingerprint density at radius 2 is 2.07 bits per heavy atom. The highest BCUT2D eigenvalue weighted by Gasteiger charge is 2.07. The van der Waals surface area contributed by atoms with Crippen molar-refractivity contribution in [2.24, 2.45) is 0 Å². The predicted molar refractivity (Wildman–Crippen MR) is 60.8 cm³/mol. The van der Waals surface area contributed by atoms with Crippen LogP contribution in [-0.4, -0.2) is 13.9 Å². The quantitative estimate of drug-likeness (QED) is 0.772. The molecule has 0 spiro atoms. The Balaban J connectivity index is 2.96. The normalized spacial score (nSPS) is 10.3. The van der Waals surface area contributed by atoms with Gasteiger partial charge in [0.2, 0.25) is 0 Å². The summed E-state index contributed by atoms with van der Waals surface area (Å²) in [6.45, 7) is 4.52. The fourth-order valence-corrected chi connectivity index (χ4v) is 2.20. The Bertz CT molecular complexity index is 310. The van der Waals surface area contributed by atoms with Gasteiger partial charge in [0, 0.05) is 7.11 Å². The van der Waals surface area contributed by atoms with Gasteiger partial charge < -0.3 is 9.47 Å². The third-order valence-corrected chi connectivity index (χ3v) is 3.00. The first kappa shape index (κ1) is 11.5. The zero-order chi connectivity index (χ0) is 10.6. The third-order valence-electron chi connectivity index (χ3n) is 2.13. The fourth-order valence-electron chi connectivity index (χ4n) is 1.36. The number of hydrogen-bond acceptors (Lipinski definition) is 2. The van der Waals surface area contributed by atoms with E-state index in [1.165, 1.54) is 11.1 Å². The molecular weight excluding hydrogens is 244 g/mol. The molecule has 1 aromatic rings. The lowest BCUT2D eigenvalue weighted by atomic mass is 10.1. The van der Waals surface area contributed by atoms with E-state index in [4.69, 9.17) is 9.47 Å². The molecule has 0 heterocycles. The summed E-state index contributed by atoms with van der Waals surface area (Å²) in [6.07, 6.45) is 0.997. The minimum Gasteiger partial charge on any atom is -0.466 e. The standard InChI is InChI=1S/C11H15BrO2/c1-4-9-8(2)5-6-10(11(9)12)14-7-13-3/h5-6H,4,7H2,1-3H3. The molecule has 14 heavy (non-hydrogen) atoms. The number of ether oxygens (including phenoxy) is 2. The van der Waals surface area contributed by atoms with E-state index < -0.39 is 0 Å². The Morgan fingerprint density at radius 1 is 1.36 bits per heavy atom. The lowest BCUT2D eigenvalue weighted by Gasteiger charge is -2.12. The van der Waals surface area contributed by atoms with Crippen molar-refractivity contribution in [3.8, 4) is 5.75 Å². The second kappa shape index (κ2) is 5.37. The van der Waals surface area contributed by atoms with Crippen LogP contribution in [0.5, 0.6) is 5.75 Å². The molecule has 0 saturated carbocycles. The van der Waals surface area contributed by atoms with Crippen molar-refractivity contribution in [1.82, 2.24) is 0 Å². The molecule has 78 valence electrons. The maximum absolute atomic E-state index is 5.41. The molecular formula is C11H15BrO2. The topological polar surface area (TPSA) is 18.5 Å². The van der Waals surface area contributed by atoms with Gasteiger partial charge in [-0.25, -0.2) is 0 Å². The number of methoxy groups -OCH3 is 1. The van der Waals surface area contributed by atoms with E-state index in [2.05, 4.69) is 35.8 Å². The number of aryl methyl sites for hydroxylation is 1. The molecule has 0 unspecified atom stereocenters. The van der Waals surface area contributed by atoms with Gasteiger partial charge in [-0.15, -0.1) is 0 Å². The molecule has 0 aliphatic carbocycles. The smallest absolute Gasteiger partial charge is 0.188 e. The minimum atomic E-state index is 0.283. The van der Waals surface area contributed by atoms with Gasteiger partial charge in [-0.2, -0.15) is 0 Å². The molecule has 3 heteroatoms. The molecule has 1 rings (SSSR count). The lowest BCUT2D eigenvalue weighted by Crippen LogP contribution is -2.01. The first-order valence-electron chi connectivity index (χ1n) is 4.60. The van der Waals surface area contributed by atoms with Crippen LogP contribution in [0.1, 0.15) is 18.1 Å². The fraction of sp³-hybridized carbons (Fsp3) is 0.455. The van der Waals surface area contributed by atoms with Gasteiger partial charge in [0.15, 0.2) is 6.79 Å². The van der Waals surface area contributed by atoms with Crippen LogP contribution in [0.4, 0.5) is 0 Å². The summed E-state index contributed by atoms with van der Waals surface area (Å²) < 4.78 is 11.3. The Kier molecular flexibility index (Phi) is 4.42. The summed E-state index contributed by atoms with van der Waals surface area (Å²) >= 11 is 3.54. The van der Waals surface area contributed by atoms with Crippen LogP contribution in [0.3, 0.4) is 0 Å². The SMILES string of the molecule is CCc1c(C)ccc(OCOC)c1Br. The Labute approximate surface area is 93.4 Å². The maximum atomic E-state index is 5.41. The van der Waals surface area contributed by atoms with E-state index in [0.717, 1.165) is 16.6 Å². The molecule has 0 bridgehead atoms. The summed E-state index contributed by atoms with van der Waals surface area (Å²) in [5, 5.41) is 0. The number of halogens is 1. The summed E-state index contributed by atoms with van der Waals surface area (Å²) in [6, 6.07) is 4.02. The van der Waals surface area contributed by atoms with Crippen molar-refractivity contribution < 1.29 is 9.47 Å². The number of rotatable bonds is 4. The molecule has 0 N–H and O–H groups in total. The molecule has 0 amide bonds. The Morgan fingerprint density at radius 3 is 2.64 bits per heavy atom. The van der Waals surface area contributed by atoms with Crippen LogP contribution < -0.4 is 4.74 Å². The molecule has 0 aromatic heterocycles. The van der Waals surface area contributed by atoms with Gasteiger partial charge in [0.05, 0.1) is 4.47 Å². The molecule has 0 atom stereocenters. The predicted octanol–water partition coefficient (Wildman–Crippen LogP) is 3.30. The summed E-state index contributed by atoms with van der Waals surface area (Å²) in [5.41, 5.74) is 2.57. The average Bonchev–Trinajstić information content (AvgIpc) is 2.18. The van der Waals surface area contributed by atoms with E-state index in [9.17, 15) is 0 Å². The molecule has 2 nitrogen and oxygen atoms in total. The van der Waals surface area contributed by atoms with Crippen molar-refractivity contribution in [2.45, 2.75) is 20.3 Å². The van der Waals surface area contributed by atoms with Crippen LogP contribution in [-0.2, 0) is 11.2 Å². The molecule has 0 aliphatic heterocycles. The van der Waals surface area contributed by atoms with E-state index in [1.54, 1.807) is 7.11 Å². The first-order chi connectivity index (χ1) is 6.70. The summed E-state index contributed by atoms with van der Waals surface area (Å²) in [4.78, 5) is 0. The zero-order valence-corrected chi connectivity index (χ0v) is 10.3. The van der Waals surface area contributed by atoms with Crippen LogP contribution >= 0.6 is 15.9 Å². The minimum absolute atomic E-state index is 0.283. The highest BCUT2D eigenvalue weighted by molar-refractivity contribution is 9.10. The third kappa shape index (κ3) is 2.49. The molecule has 0 aliphatic rings. The van der Waals surface area contributed by atoms with Gasteiger partial charge in [0.25, 0.3) is 0 Å². The second-order valence-electron chi connectivity index (χ2n) is 3.08. The monoisotopic (exact) mass is 258 g/mol. The molecule has 0 fully saturated rings. The highest BCUT2D eigenvalue weighted by atomic mass is 79.9. The van der Waals surface area contributed by atoms with Crippen molar-refractivity contribution in [3.63, 3.8) is 0 Å². The largest absolute Gasteiger partial charge is 0.466 e. The van der Waals surface area contributed by atoms with Crippen molar-refractivity contribution >= 4 is 15.9 Å². The van der Waals surface area contributed by atoms with Crippen LogP contribution in [0.25, 0.3) is 0 Å². The van der Waals surface area contributed by atoms with E-state index >= 15 is 0 Å².